The Balaban J connectivity index is 1.57. The summed E-state index contributed by atoms with van der Waals surface area (Å²) in [6.45, 7) is 0.712. The SMILES string of the molecule is CN1C2CCC1CC(CNC(=O)c1ccc(F)cc1Br)C2. The normalized spacial score (nSPS) is 28.6. The Hall–Kier alpha value is -0.940. The van der Waals surface area contributed by atoms with E-state index in [9.17, 15) is 9.18 Å². The van der Waals surface area contributed by atoms with Crippen molar-refractivity contribution in [1.82, 2.24) is 10.2 Å². The maximum atomic E-state index is 13.1. The highest BCUT2D eigenvalue weighted by atomic mass is 79.9. The number of halogens is 2. The van der Waals surface area contributed by atoms with Crippen LogP contribution in [0, 0.1) is 11.7 Å². The minimum Gasteiger partial charge on any atom is -0.352 e. The van der Waals surface area contributed by atoms with Crippen LogP contribution in [0.3, 0.4) is 0 Å². The van der Waals surface area contributed by atoms with Gasteiger partial charge in [-0.2, -0.15) is 0 Å². The van der Waals surface area contributed by atoms with E-state index in [1.807, 2.05) is 0 Å². The van der Waals surface area contributed by atoms with E-state index in [-0.39, 0.29) is 11.7 Å². The molecule has 2 saturated heterocycles. The molecule has 1 N–H and O–H groups in total. The van der Waals surface area contributed by atoms with Crippen LogP contribution in [0.15, 0.2) is 22.7 Å². The first-order valence-electron chi connectivity index (χ1n) is 7.50. The zero-order chi connectivity index (χ0) is 15.0. The van der Waals surface area contributed by atoms with Crippen LogP contribution in [0.1, 0.15) is 36.0 Å². The lowest BCUT2D eigenvalue weighted by molar-refractivity contribution is 0.0916. The number of carbonyl (C=O) groups is 1. The number of fused-ring (bicyclic) bond motifs is 2. The molecule has 2 atom stereocenters. The van der Waals surface area contributed by atoms with Crippen LogP contribution in [0.4, 0.5) is 4.39 Å². The molecule has 0 spiro atoms. The van der Waals surface area contributed by atoms with Crippen molar-refractivity contribution in [3.8, 4) is 0 Å². The van der Waals surface area contributed by atoms with E-state index in [1.165, 1.54) is 31.0 Å². The highest BCUT2D eigenvalue weighted by Gasteiger charge is 2.38. The van der Waals surface area contributed by atoms with E-state index >= 15 is 0 Å². The van der Waals surface area contributed by atoms with E-state index in [2.05, 4.69) is 33.2 Å². The van der Waals surface area contributed by atoms with Crippen molar-refractivity contribution in [3.63, 3.8) is 0 Å². The summed E-state index contributed by atoms with van der Waals surface area (Å²) < 4.78 is 13.6. The lowest BCUT2D eigenvalue weighted by atomic mass is 9.91. The number of nitrogens with one attached hydrogen (secondary N) is 1. The van der Waals surface area contributed by atoms with Gasteiger partial charge in [-0.3, -0.25) is 4.79 Å². The van der Waals surface area contributed by atoms with Crippen molar-refractivity contribution in [2.45, 2.75) is 37.8 Å². The highest BCUT2D eigenvalue weighted by molar-refractivity contribution is 9.10. The average molecular weight is 355 g/mol. The largest absolute Gasteiger partial charge is 0.352 e. The monoisotopic (exact) mass is 354 g/mol. The van der Waals surface area contributed by atoms with Gasteiger partial charge >= 0.3 is 0 Å². The lowest BCUT2D eigenvalue weighted by Gasteiger charge is -2.36. The zero-order valence-corrected chi connectivity index (χ0v) is 13.7. The summed E-state index contributed by atoms with van der Waals surface area (Å²) in [5.41, 5.74) is 0.493. The third-order valence-electron chi connectivity index (χ3n) is 4.92. The summed E-state index contributed by atoms with van der Waals surface area (Å²) in [6.07, 6.45) is 4.90. The first-order valence-corrected chi connectivity index (χ1v) is 8.29. The fourth-order valence-corrected chi connectivity index (χ4v) is 4.23. The van der Waals surface area contributed by atoms with Crippen LogP contribution in [-0.2, 0) is 0 Å². The van der Waals surface area contributed by atoms with E-state index in [0.29, 0.717) is 34.6 Å². The summed E-state index contributed by atoms with van der Waals surface area (Å²) in [4.78, 5) is 14.7. The Kier molecular flexibility index (Phi) is 4.31. The number of amides is 1. The number of hydrogen-bond acceptors (Lipinski definition) is 2. The molecular weight excluding hydrogens is 335 g/mol. The number of piperidine rings is 1. The predicted molar refractivity (Wildman–Crippen MR) is 83.7 cm³/mol. The topological polar surface area (TPSA) is 32.3 Å². The zero-order valence-electron chi connectivity index (χ0n) is 12.1. The molecule has 0 aromatic heterocycles. The van der Waals surface area contributed by atoms with Gasteiger partial charge in [-0.15, -0.1) is 0 Å². The molecule has 1 aromatic carbocycles. The van der Waals surface area contributed by atoms with Gasteiger partial charge in [0.1, 0.15) is 5.82 Å². The van der Waals surface area contributed by atoms with Gasteiger partial charge in [-0.1, -0.05) is 0 Å². The maximum absolute atomic E-state index is 13.1. The van der Waals surface area contributed by atoms with Gasteiger partial charge in [-0.25, -0.2) is 4.39 Å². The lowest BCUT2D eigenvalue weighted by Crippen LogP contribution is -2.43. The molecular formula is C16H20BrFN2O. The molecule has 2 aliphatic heterocycles. The molecule has 2 heterocycles. The number of rotatable bonds is 3. The molecule has 2 unspecified atom stereocenters. The Morgan fingerprint density at radius 3 is 2.67 bits per heavy atom. The van der Waals surface area contributed by atoms with Gasteiger partial charge in [0.2, 0.25) is 0 Å². The first-order chi connectivity index (χ1) is 10.0. The highest BCUT2D eigenvalue weighted by Crippen LogP contribution is 2.37. The van der Waals surface area contributed by atoms with Crippen molar-refractivity contribution < 1.29 is 9.18 Å². The van der Waals surface area contributed by atoms with E-state index in [4.69, 9.17) is 0 Å². The molecule has 3 rings (SSSR count). The maximum Gasteiger partial charge on any atom is 0.252 e. The fraction of sp³-hybridized carbons (Fsp3) is 0.562. The predicted octanol–water partition coefficient (Wildman–Crippen LogP) is 3.19. The fourth-order valence-electron chi connectivity index (χ4n) is 3.70. The van der Waals surface area contributed by atoms with Crippen LogP contribution in [0.25, 0.3) is 0 Å². The summed E-state index contributed by atoms with van der Waals surface area (Å²) in [7, 11) is 2.22. The van der Waals surface area contributed by atoms with Gasteiger partial charge in [-0.05, 0) is 72.8 Å². The van der Waals surface area contributed by atoms with Crippen molar-refractivity contribution in [2.75, 3.05) is 13.6 Å². The molecule has 1 aromatic rings. The summed E-state index contributed by atoms with van der Waals surface area (Å²) in [5, 5.41) is 3.00. The van der Waals surface area contributed by atoms with E-state index in [0.717, 1.165) is 12.8 Å². The minimum atomic E-state index is -0.342. The second-order valence-corrected chi connectivity index (χ2v) is 7.08. The summed E-state index contributed by atoms with van der Waals surface area (Å²) in [5.74, 6) is 0.0836. The van der Waals surface area contributed by atoms with Crippen LogP contribution in [0.5, 0.6) is 0 Å². The Morgan fingerprint density at radius 1 is 1.38 bits per heavy atom. The van der Waals surface area contributed by atoms with Gasteiger partial charge in [0, 0.05) is 23.1 Å². The van der Waals surface area contributed by atoms with E-state index < -0.39 is 0 Å². The smallest absolute Gasteiger partial charge is 0.252 e. The quantitative estimate of drug-likeness (QED) is 0.903. The molecule has 21 heavy (non-hydrogen) atoms. The van der Waals surface area contributed by atoms with Gasteiger partial charge in [0.25, 0.3) is 5.91 Å². The molecule has 0 saturated carbocycles. The van der Waals surface area contributed by atoms with Crippen molar-refractivity contribution in [3.05, 3.63) is 34.1 Å². The van der Waals surface area contributed by atoms with Crippen LogP contribution >= 0.6 is 15.9 Å². The van der Waals surface area contributed by atoms with E-state index in [1.54, 1.807) is 0 Å². The van der Waals surface area contributed by atoms with Crippen LogP contribution < -0.4 is 5.32 Å². The number of nitrogens with zero attached hydrogens (tertiary/aromatic N) is 1. The molecule has 2 bridgehead atoms. The van der Waals surface area contributed by atoms with Crippen LogP contribution in [0.2, 0.25) is 0 Å². The standard InChI is InChI=1S/C16H20BrFN2O/c1-20-12-3-4-13(20)7-10(6-12)9-19-16(21)14-5-2-11(18)8-15(14)17/h2,5,8,10,12-13H,3-4,6-7,9H2,1H3,(H,19,21). The summed E-state index contributed by atoms with van der Waals surface area (Å²) >= 11 is 3.24. The number of carbonyl (C=O) groups excluding carboxylic acids is 1. The third kappa shape index (κ3) is 3.14. The molecule has 0 radical (unpaired) electrons. The Bertz CT molecular complexity index is 537. The Morgan fingerprint density at radius 2 is 2.05 bits per heavy atom. The van der Waals surface area contributed by atoms with Gasteiger partial charge < -0.3 is 10.2 Å². The molecule has 114 valence electrons. The van der Waals surface area contributed by atoms with Crippen molar-refractivity contribution in [1.29, 1.82) is 0 Å². The number of benzene rings is 1. The molecule has 2 fully saturated rings. The third-order valence-corrected chi connectivity index (χ3v) is 5.58. The molecule has 2 aliphatic rings. The van der Waals surface area contributed by atoms with Crippen molar-refractivity contribution >= 4 is 21.8 Å². The molecule has 5 heteroatoms. The van der Waals surface area contributed by atoms with Gasteiger partial charge in [0.15, 0.2) is 0 Å². The van der Waals surface area contributed by atoms with Crippen molar-refractivity contribution in [2.24, 2.45) is 5.92 Å². The molecule has 3 nitrogen and oxygen atoms in total. The first kappa shape index (κ1) is 15.0. The van der Waals surface area contributed by atoms with Gasteiger partial charge in [0.05, 0.1) is 5.56 Å². The Labute approximate surface area is 133 Å². The average Bonchev–Trinajstić information content (AvgIpc) is 2.67. The number of hydrogen-bond donors (Lipinski definition) is 1. The second kappa shape index (κ2) is 6.05. The minimum absolute atomic E-state index is 0.131. The second-order valence-electron chi connectivity index (χ2n) is 6.22. The molecule has 0 aliphatic carbocycles. The summed E-state index contributed by atoms with van der Waals surface area (Å²) in [6, 6.07) is 5.53. The molecule has 1 amide bonds. The van der Waals surface area contributed by atoms with Crippen LogP contribution in [-0.4, -0.2) is 36.5 Å².